The highest BCUT2D eigenvalue weighted by Crippen LogP contribution is 2.44. The molecule has 1 heterocycles. The zero-order valence-electron chi connectivity index (χ0n) is 4.68. The molecule has 0 bridgehead atoms. The maximum absolute atomic E-state index is 5.74. The summed E-state index contributed by atoms with van der Waals surface area (Å²) in [5.41, 5.74) is 5.85. The molecule has 3 N–H and O–H groups in total. The fourth-order valence-corrected chi connectivity index (χ4v) is 1.40. The van der Waals surface area contributed by atoms with Crippen LogP contribution in [0.1, 0.15) is 12.8 Å². The van der Waals surface area contributed by atoms with Crippen LogP contribution in [0.25, 0.3) is 0 Å². The normalized spacial score (nSPS) is 49.9. The van der Waals surface area contributed by atoms with Crippen molar-refractivity contribution in [3.8, 4) is 0 Å². The van der Waals surface area contributed by atoms with Crippen LogP contribution >= 0.6 is 12.4 Å². The monoisotopic (exact) mass is 134 g/mol. The summed E-state index contributed by atoms with van der Waals surface area (Å²) in [5.74, 6) is 0.826. The van der Waals surface area contributed by atoms with Crippen LogP contribution in [0.2, 0.25) is 0 Å². The molecule has 48 valence electrons. The van der Waals surface area contributed by atoms with Gasteiger partial charge in [-0.15, -0.1) is 12.4 Å². The lowest BCUT2D eigenvalue weighted by atomic mass is 10.3. The Bertz CT molecular complexity index is 105. The predicted octanol–water partition coefficient (Wildman–Crippen LogP) is 0.0764. The number of hydrogen-bond acceptors (Lipinski definition) is 2. The number of hydrogen-bond donors (Lipinski definition) is 2. The molecule has 2 rings (SSSR count). The van der Waals surface area contributed by atoms with Crippen LogP contribution in [0.5, 0.6) is 0 Å². The Balaban J connectivity index is 0.000000320. The van der Waals surface area contributed by atoms with Crippen LogP contribution in [0.4, 0.5) is 0 Å². The van der Waals surface area contributed by atoms with E-state index in [2.05, 4.69) is 5.32 Å². The van der Waals surface area contributed by atoms with Crippen molar-refractivity contribution in [3.63, 3.8) is 0 Å². The van der Waals surface area contributed by atoms with E-state index in [0.717, 1.165) is 12.5 Å². The Kier molecular flexibility index (Phi) is 1.26. The van der Waals surface area contributed by atoms with E-state index < -0.39 is 0 Å². The van der Waals surface area contributed by atoms with Crippen molar-refractivity contribution in [1.82, 2.24) is 5.32 Å². The van der Waals surface area contributed by atoms with Crippen molar-refractivity contribution in [3.05, 3.63) is 0 Å². The molecule has 1 saturated carbocycles. The summed E-state index contributed by atoms with van der Waals surface area (Å²) < 4.78 is 0. The van der Waals surface area contributed by atoms with Crippen LogP contribution < -0.4 is 11.1 Å². The molecular weight excluding hydrogens is 124 g/mol. The van der Waals surface area contributed by atoms with E-state index in [1.54, 1.807) is 0 Å². The fraction of sp³-hybridized carbons (Fsp3) is 1.00. The zero-order chi connectivity index (χ0) is 4.91. The average molecular weight is 135 g/mol. The molecule has 2 unspecified atom stereocenters. The van der Waals surface area contributed by atoms with Gasteiger partial charge in [-0.1, -0.05) is 0 Å². The topological polar surface area (TPSA) is 38.0 Å². The van der Waals surface area contributed by atoms with Gasteiger partial charge in [-0.3, -0.25) is 5.32 Å². The summed E-state index contributed by atoms with van der Waals surface area (Å²) in [7, 11) is 0. The van der Waals surface area contributed by atoms with Crippen molar-refractivity contribution in [2.45, 2.75) is 18.5 Å². The Morgan fingerprint density at radius 1 is 1.62 bits per heavy atom. The molecule has 1 aliphatic carbocycles. The number of nitrogens with one attached hydrogen (secondary N) is 1. The van der Waals surface area contributed by atoms with E-state index in [1.807, 2.05) is 0 Å². The van der Waals surface area contributed by atoms with Gasteiger partial charge in [-0.05, 0) is 25.3 Å². The van der Waals surface area contributed by atoms with Crippen molar-refractivity contribution in [2.24, 2.45) is 11.7 Å². The molecule has 0 aromatic carbocycles. The quantitative estimate of drug-likeness (QED) is 0.493. The minimum atomic E-state index is 0. The fourth-order valence-electron chi connectivity index (χ4n) is 1.40. The standard InChI is InChI=1S/C5H10N2.ClH/c6-5-3-4(5)1-2-7-5;/h4,7H,1-3,6H2;1H. The van der Waals surface area contributed by atoms with Gasteiger partial charge >= 0.3 is 0 Å². The van der Waals surface area contributed by atoms with Crippen molar-refractivity contribution >= 4 is 12.4 Å². The second-order valence-electron chi connectivity index (χ2n) is 2.66. The Hall–Kier alpha value is 0.210. The van der Waals surface area contributed by atoms with Gasteiger partial charge < -0.3 is 5.73 Å². The third-order valence-electron chi connectivity index (χ3n) is 2.10. The lowest BCUT2D eigenvalue weighted by Gasteiger charge is -2.01. The Labute approximate surface area is 55.2 Å². The number of rotatable bonds is 0. The van der Waals surface area contributed by atoms with E-state index in [0.29, 0.717) is 0 Å². The van der Waals surface area contributed by atoms with Crippen molar-refractivity contribution in [2.75, 3.05) is 6.54 Å². The molecule has 2 nitrogen and oxygen atoms in total. The minimum Gasteiger partial charge on any atom is -0.313 e. The van der Waals surface area contributed by atoms with E-state index in [9.17, 15) is 0 Å². The molecule has 8 heavy (non-hydrogen) atoms. The minimum absolute atomic E-state index is 0. The smallest absolute Gasteiger partial charge is 0.0696 e. The molecule has 0 spiro atoms. The van der Waals surface area contributed by atoms with Gasteiger partial charge in [0.25, 0.3) is 0 Å². The van der Waals surface area contributed by atoms with Gasteiger partial charge in [-0.2, -0.15) is 0 Å². The number of piperidine rings is 1. The first-order chi connectivity index (χ1) is 3.31. The Morgan fingerprint density at radius 2 is 2.38 bits per heavy atom. The van der Waals surface area contributed by atoms with Crippen LogP contribution in [0.15, 0.2) is 0 Å². The largest absolute Gasteiger partial charge is 0.313 e. The van der Waals surface area contributed by atoms with E-state index in [-0.39, 0.29) is 18.1 Å². The maximum atomic E-state index is 5.74. The third kappa shape index (κ3) is 0.642. The van der Waals surface area contributed by atoms with Crippen LogP contribution in [0, 0.1) is 5.92 Å². The second-order valence-corrected chi connectivity index (χ2v) is 2.66. The van der Waals surface area contributed by atoms with Gasteiger partial charge in [0, 0.05) is 0 Å². The average Bonchev–Trinajstić information content (AvgIpc) is 2.09. The Morgan fingerprint density at radius 3 is 2.50 bits per heavy atom. The molecule has 2 fully saturated rings. The molecule has 0 amide bonds. The molecule has 0 aromatic heterocycles. The highest BCUT2D eigenvalue weighted by Gasteiger charge is 2.53. The first-order valence-electron chi connectivity index (χ1n) is 2.85. The molecule has 3 heteroatoms. The molecule has 0 aromatic rings. The van der Waals surface area contributed by atoms with Gasteiger partial charge in [0.2, 0.25) is 0 Å². The number of fused-ring (bicyclic) bond motifs is 1. The highest BCUT2D eigenvalue weighted by atomic mass is 35.5. The molecule has 1 aliphatic heterocycles. The first-order valence-corrected chi connectivity index (χ1v) is 2.85. The SMILES string of the molecule is Cl.NC12CC1CCN2. The molecular formula is C5H11ClN2. The lowest BCUT2D eigenvalue weighted by Crippen LogP contribution is -2.37. The van der Waals surface area contributed by atoms with Crippen molar-refractivity contribution in [1.29, 1.82) is 0 Å². The lowest BCUT2D eigenvalue weighted by molar-refractivity contribution is 0.572. The molecule has 1 saturated heterocycles. The maximum Gasteiger partial charge on any atom is 0.0696 e. The number of nitrogens with two attached hydrogens (primary N) is 1. The predicted molar refractivity (Wildman–Crippen MR) is 34.9 cm³/mol. The highest BCUT2D eigenvalue weighted by molar-refractivity contribution is 5.85. The van der Waals surface area contributed by atoms with E-state index >= 15 is 0 Å². The summed E-state index contributed by atoms with van der Waals surface area (Å²) >= 11 is 0. The van der Waals surface area contributed by atoms with E-state index in [1.165, 1.54) is 12.8 Å². The van der Waals surface area contributed by atoms with Gasteiger partial charge in [0.1, 0.15) is 0 Å². The molecule has 2 atom stereocenters. The first kappa shape index (κ1) is 6.33. The van der Waals surface area contributed by atoms with Gasteiger partial charge in [0.15, 0.2) is 0 Å². The molecule has 0 radical (unpaired) electrons. The van der Waals surface area contributed by atoms with Crippen LogP contribution in [-0.2, 0) is 0 Å². The van der Waals surface area contributed by atoms with Gasteiger partial charge in [0.05, 0.1) is 5.66 Å². The van der Waals surface area contributed by atoms with Crippen LogP contribution in [-0.4, -0.2) is 12.2 Å². The summed E-state index contributed by atoms with van der Waals surface area (Å²) in [6, 6.07) is 0. The number of halogens is 1. The summed E-state index contributed by atoms with van der Waals surface area (Å²) in [6.07, 6.45) is 2.52. The van der Waals surface area contributed by atoms with Crippen molar-refractivity contribution < 1.29 is 0 Å². The second kappa shape index (κ2) is 1.59. The zero-order valence-corrected chi connectivity index (χ0v) is 5.50. The van der Waals surface area contributed by atoms with Gasteiger partial charge in [-0.25, -0.2) is 0 Å². The van der Waals surface area contributed by atoms with Crippen LogP contribution in [0.3, 0.4) is 0 Å². The third-order valence-corrected chi connectivity index (χ3v) is 2.10. The molecule has 2 aliphatic rings. The summed E-state index contributed by atoms with van der Waals surface area (Å²) in [5, 5.41) is 3.25. The van der Waals surface area contributed by atoms with E-state index in [4.69, 9.17) is 5.73 Å². The summed E-state index contributed by atoms with van der Waals surface area (Å²) in [4.78, 5) is 0. The summed E-state index contributed by atoms with van der Waals surface area (Å²) in [6.45, 7) is 1.14.